The summed E-state index contributed by atoms with van der Waals surface area (Å²) < 4.78 is 6.05. The first-order valence-electron chi connectivity index (χ1n) is 8.63. The second-order valence-electron chi connectivity index (χ2n) is 6.92. The molecule has 0 radical (unpaired) electrons. The molecule has 1 fully saturated rings. The Bertz CT molecular complexity index is 720. The number of aliphatic hydroxyl groups is 1. The van der Waals surface area contributed by atoms with Gasteiger partial charge in [-0.25, -0.2) is 0 Å². The van der Waals surface area contributed by atoms with Crippen LogP contribution in [0.3, 0.4) is 0 Å². The number of ether oxygens (including phenoxy) is 1. The van der Waals surface area contributed by atoms with E-state index in [1.165, 1.54) is 5.56 Å². The van der Waals surface area contributed by atoms with Gasteiger partial charge in [0, 0.05) is 30.8 Å². The Morgan fingerprint density at radius 2 is 2.25 bits per heavy atom. The molecule has 1 aromatic carbocycles. The van der Waals surface area contributed by atoms with E-state index >= 15 is 0 Å². The van der Waals surface area contributed by atoms with Gasteiger partial charge in [-0.15, -0.1) is 10.2 Å². The highest BCUT2D eigenvalue weighted by atomic mass is 32.1. The predicted molar refractivity (Wildman–Crippen MR) is 94.8 cm³/mol. The second-order valence-corrected chi connectivity index (χ2v) is 7.96. The second kappa shape index (κ2) is 6.33. The maximum Gasteiger partial charge on any atom is 0.208 e. The standard InChI is InChI=1S/C18H23N3O2S/c1-2-5-16-19-20-17(24-16)21-9-14-10-23-15-7-4-3-6-13(15)8-18(14,11-21)12-22/h3-4,6-7,14,22H,2,5,8-12H2,1H3/t14-,18-/m1/s1. The minimum absolute atomic E-state index is 0.163. The van der Waals surface area contributed by atoms with Crippen molar-refractivity contribution in [3.63, 3.8) is 0 Å². The van der Waals surface area contributed by atoms with E-state index in [4.69, 9.17) is 4.74 Å². The Hall–Kier alpha value is -1.66. The summed E-state index contributed by atoms with van der Waals surface area (Å²) in [5.41, 5.74) is 1.03. The van der Waals surface area contributed by atoms with E-state index in [1.807, 2.05) is 18.2 Å². The van der Waals surface area contributed by atoms with Crippen molar-refractivity contribution >= 4 is 16.5 Å². The molecule has 0 bridgehead atoms. The number of rotatable bonds is 4. The van der Waals surface area contributed by atoms with Crippen molar-refractivity contribution in [3.05, 3.63) is 34.8 Å². The summed E-state index contributed by atoms with van der Waals surface area (Å²) in [5.74, 6) is 1.26. The zero-order valence-electron chi connectivity index (χ0n) is 13.9. The normalized spacial score (nSPS) is 25.8. The van der Waals surface area contributed by atoms with Crippen LogP contribution in [-0.4, -0.2) is 41.6 Å². The molecule has 24 heavy (non-hydrogen) atoms. The fourth-order valence-electron chi connectivity index (χ4n) is 3.89. The van der Waals surface area contributed by atoms with Crippen LogP contribution in [0.4, 0.5) is 5.13 Å². The van der Waals surface area contributed by atoms with Gasteiger partial charge in [-0.1, -0.05) is 36.5 Å². The smallest absolute Gasteiger partial charge is 0.208 e. The van der Waals surface area contributed by atoms with Crippen molar-refractivity contribution in [2.45, 2.75) is 26.2 Å². The van der Waals surface area contributed by atoms with Gasteiger partial charge in [0.05, 0.1) is 13.2 Å². The van der Waals surface area contributed by atoms with E-state index in [0.29, 0.717) is 12.5 Å². The molecule has 2 aliphatic rings. The Morgan fingerprint density at radius 1 is 1.38 bits per heavy atom. The number of anilines is 1. The fraction of sp³-hybridized carbons (Fsp3) is 0.556. The number of aromatic nitrogens is 2. The molecule has 2 aliphatic heterocycles. The lowest BCUT2D eigenvalue weighted by atomic mass is 9.75. The predicted octanol–water partition coefficient (Wildman–Crippen LogP) is 2.54. The van der Waals surface area contributed by atoms with Crippen LogP contribution >= 0.6 is 11.3 Å². The van der Waals surface area contributed by atoms with Crippen LogP contribution in [0.2, 0.25) is 0 Å². The van der Waals surface area contributed by atoms with Gasteiger partial charge in [-0.2, -0.15) is 0 Å². The monoisotopic (exact) mass is 345 g/mol. The van der Waals surface area contributed by atoms with Crippen LogP contribution in [0, 0.1) is 11.3 Å². The van der Waals surface area contributed by atoms with E-state index in [1.54, 1.807) is 11.3 Å². The Morgan fingerprint density at radius 3 is 3.08 bits per heavy atom. The summed E-state index contributed by atoms with van der Waals surface area (Å²) in [4.78, 5) is 2.29. The summed E-state index contributed by atoms with van der Waals surface area (Å²) in [6, 6.07) is 8.19. The third kappa shape index (κ3) is 2.67. The molecule has 2 aromatic rings. The number of benzene rings is 1. The summed E-state index contributed by atoms with van der Waals surface area (Å²) in [7, 11) is 0. The molecule has 2 atom stereocenters. The topological polar surface area (TPSA) is 58.5 Å². The highest BCUT2D eigenvalue weighted by molar-refractivity contribution is 7.15. The molecule has 5 nitrogen and oxygen atoms in total. The van der Waals surface area contributed by atoms with Gasteiger partial charge < -0.3 is 14.7 Å². The molecule has 3 heterocycles. The van der Waals surface area contributed by atoms with E-state index < -0.39 is 0 Å². The Labute approximate surface area is 146 Å². The minimum atomic E-state index is -0.163. The number of hydrogen-bond acceptors (Lipinski definition) is 6. The van der Waals surface area contributed by atoms with Crippen molar-refractivity contribution in [2.75, 3.05) is 31.2 Å². The molecule has 4 rings (SSSR count). The maximum atomic E-state index is 10.2. The summed E-state index contributed by atoms with van der Waals surface area (Å²) in [6.45, 7) is 4.66. The van der Waals surface area contributed by atoms with Crippen LogP contribution < -0.4 is 9.64 Å². The van der Waals surface area contributed by atoms with Crippen LogP contribution in [0.1, 0.15) is 23.9 Å². The van der Waals surface area contributed by atoms with Crippen LogP contribution in [0.5, 0.6) is 5.75 Å². The molecule has 0 aliphatic carbocycles. The molecular formula is C18H23N3O2S. The third-order valence-electron chi connectivity index (χ3n) is 5.27. The molecule has 0 unspecified atom stereocenters. The molecule has 1 saturated heterocycles. The van der Waals surface area contributed by atoms with Gasteiger partial charge in [-0.3, -0.25) is 0 Å². The molecule has 0 spiro atoms. The molecule has 0 amide bonds. The average molecular weight is 345 g/mol. The molecule has 1 N–H and O–H groups in total. The van der Waals surface area contributed by atoms with Crippen LogP contribution in [0.15, 0.2) is 24.3 Å². The van der Waals surface area contributed by atoms with Gasteiger partial charge in [0.15, 0.2) is 0 Å². The summed E-state index contributed by atoms with van der Waals surface area (Å²) in [6.07, 6.45) is 2.92. The number of aliphatic hydroxyl groups excluding tert-OH is 1. The fourth-order valence-corrected chi connectivity index (χ4v) is 4.84. The largest absolute Gasteiger partial charge is 0.493 e. The van der Waals surface area contributed by atoms with Gasteiger partial charge in [0.25, 0.3) is 0 Å². The molecular weight excluding hydrogens is 322 g/mol. The first-order chi connectivity index (χ1) is 11.7. The van der Waals surface area contributed by atoms with E-state index in [2.05, 4.69) is 28.1 Å². The first-order valence-corrected chi connectivity index (χ1v) is 9.44. The number of para-hydroxylation sites is 1. The lowest BCUT2D eigenvalue weighted by molar-refractivity contribution is 0.0816. The van der Waals surface area contributed by atoms with E-state index in [9.17, 15) is 5.11 Å². The summed E-state index contributed by atoms with van der Waals surface area (Å²) >= 11 is 1.68. The molecule has 1 aromatic heterocycles. The number of fused-ring (bicyclic) bond motifs is 2. The third-order valence-corrected chi connectivity index (χ3v) is 6.32. The number of nitrogens with zero attached hydrogens (tertiary/aromatic N) is 3. The van der Waals surface area contributed by atoms with Gasteiger partial charge in [0.1, 0.15) is 10.8 Å². The number of hydrogen-bond donors (Lipinski definition) is 1. The highest BCUT2D eigenvalue weighted by Crippen LogP contribution is 2.45. The van der Waals surface area contributed by atoms with E-state index in [0.717, 1.165) is 48.2 Å². The van der Waals surface area contributed by atoms with Crippen molar-refractivity contribution in [1.29, 1.82) is 0 Å². The quantitative estimate of drug-likeness (QED) is 0.923. The SMILES string of the molecule is CCCc1nnc(N2C[C@@H]3COc4ccccc4C[C@]3(CO)C2)s1. The van der Waals surface area contributed by atoms with Gasteiger partial charge in [-0.05, 0) is 24.5 Å². The van der Waals surface area contributed by atoms with Gasteiger partial charge >= 0.3 is 0 Å². The first kappa shape index (κ1) is 15.8. The average Bonchev–Trinajstić information content (AvgIpc) is 3.17. The zero-order chi connectivity index (χ0) is 16.6. The molecule has 0 saturated carbocycles. The Balaban J connectivity index is 1.60. The lowest BCUT2D eigenvalue weighted by Gasteiger charge is -2.30. The van der Waals surface area contributed by atoms with Gasteiger partial charge in [0.2, 0.25) is 5.13 Å². The summed E-state index contributed by atoms with van der Waals surface area (Å²) in [5, 5.41) is 21.0. The maximum absolute atomic E-state index is 10.2. The van der Waals surface area contributed by atoms with Crippen LogP contribution in [-0.2, 0) is 12.8 Å². The van der Waals surface area contributed by atoms with Crippen molar-refractivity contribution < 1.29 is 9.84 Å². The van der Waals surface area contributed by atoms with Crippen LogP contribution in [0.25, 0.3) is 0 Å². The van der Waals surface area contributed by atoms with E-state index in [-0.39, 0.29) is 12.0 Å². The van der Waals surface area contributed by atoms with Crippen molar-refractivity contribution in [1.82, 2.24) is 10.2 Å². The number of aryl methyl sites for hydroxylation is 1. The van der Waals surface area contributed by atoms with Crippen molar-refractivity contribution in [2.24, 2.45) is 11.3 Å². The zero-order valence-corrected chi connectivity index (χ0v) is 14.8. The molecule has 6 heteroatoms. The van der Waals surface area contributed by atoms with Crippen molar-refractivity contribution in [3.8, 4) is 5.75 Å². The lowest BCUT2D eigenvalue weighted by Crippen LogP contribution is -2.37. The Kier molecular flexibility index (Phi) is 4.18. The molecule has 128 valence electrons. The highest BCUT2D eigenvalue weighted by Gasteiger charge is 2.49. The minimum Gasteiger partial charge on any atom is -0.493 e.